The molecule has 0 unspecified atom stereocenters. The predicted octanol–water partition coefficient (Wildman–Crippen LogP) is 2.98. The number of rotatable bonds is 6. The first-order valence-corrected chi connectivity index (χ1v) is 7.82. The third-order valence-electron chi connectivity index (χ3n) is 2.25. The van der Waals surface area contributed by atoms with Crippen molar-refractivity contribution in [3.8, 4) is 11.4 Å². The van der Waals surface area contributed by atoms with Crippen molar-refractivity contribution < 1.29 is 9.53 Å². The fraction of sp³-hybridized carbons (Fsp3) is 0.231. The Morgan fingerprint density at radius 3 is 2.76 bits per heavy atom. The number of carbonyl (C=O) groups excluding carboxylic acids is 1. The van der Waals surface area contributed by atoms with Crippen LogP contribution in [-0.4, -0.2) is 38.1 Å². The van der Waals surface area contributed by atoms with Crippen molar-refractivity contribution in [2.24, 2.45) is 0 Å². The molecule has 8 heteroatoms. The molecule has 0 bridgehead atoms. The van der Waals surface area contributed by atoms with Crippen LogP contribution in [0.1, 0.15) is 0 Å². The van der Waals surface area contributed by atoms with Crippen molar-refractivity contribution in [1.82, 2.24) is 15.0 Å². The number of pyridine rings is 1. The van der Waals surface area contributed by atoms with Crippen LogP contribution < -0.4 is 0 Å². The van der Waals surface area contributed by atoms with Gasteiger partial charge in [0, 0.05) is 12.4 Å². The van der Waals surface area contributed by atoms with Crippen LogP contribution in [0.2, 0.25) is 0 Å². The van der Waals surface area contributed by atoms with Gasteiger partial charge in [0.05, 0.1) is 17.1 Å². The van der Waals surface area contributed by atoms with Gasteiger partial charge in [-0.25, -0.2) is 9.97 Å². The van der Waals surface area contributed by atoms with Crippen LogP contribution in [0.4, 0.5) is 0 Å². The number of hydrogen-bond acceptors (Lipinski definition) is 6. The maximum Gasteiger partial charge on any atom is 0.316 e. The minimum Gasteiger partial charge on any atom is -0.462 e. The van der Waals surface area contributed by atoms with Gasteiger partial charge < -0.3 is 4.74 Å². The SMILES string of the molecule is O=C(CSc1nccc(-c2ccccn2)n1)OCC(Cl)Cl. The van der Waals surface area contributed by atoms with Crippen LogP contribution in [0, 0.1) is 0 Å². The molecular formula is C13H11Cl2N3O2S. The summed E-state index contributed by atoms with van der Waals surface area (Å²) in [6, 6.07) is 7.32. The number of ether oxygens (including phenoxy) is 1. The highest BCUT2D eigenvalue weighted by Gasteiger charge is 2.09. The van der Waals surface area contributed by atoms with Gasteiger partial charge in [0.2, 0.25) is 0 Å². The standard InChI is InChI=1S/C13H11Cl2N3O2S/c14-11(15)7-20-12(19)8-21-13-17-6-4-10(18-13)9-3-1-2-5-16-9/h1-6,11H,7-8H2. The van der Waals surface area contributed by atoms with E-state index in [0.717, 1.165) is 5.69 Å². The Morgan fingerprint density at radius 2 is 2.05 bits per heavy atom. The van der Waals surface area contributed by atoms with Crippen molar-refractivity contribution >= 4 is 40.9 Å². The summed E-state index contributed by atoms with van der Waals surface area (Å²) in [5.41, 5.74) is 1.44. The Bertz CT molecular complexity index is 599. The Labute approximate surface area is 136 Å². The van der Waals surface area contributed by atoms with Crippen molar-refractivity contribution in [2.75, 3.05) is 12.4 Å². The lowest BCUT2D eigenvalue weighted by Crippen LogP contribution is -2.12. The molecule has 0 aliphatic carbocycles. The van der Waals surface area contributed by atoms with Crippen LogP contribution >= 0.6 is 35.0 Å². The van der Waals surface area contributed by atoms with E-state index >= 15 is 0 Å². The van der Waals surface area contributed by atoms with Gasteiger partial charge >= 0.3 is 5.97 Å². The van der Waals surface area contributed by atoms with E-state index in [0.29, 0.717) is 10.9 Å². The number of alkyl halides is 2. The van der Waals surface area contributed by atoms with E-state index in [1.165, 1.54) is 11.8 Å². The molecule has 0 fully saturated rings. The Kier molecular flexibility index (Phi) is 6.22. The van der Waals surface area contributed by atoms with Gasteiger partial charge in [0.15, 0.2) is 5.16 Å². The molecule has 0 saturated heterocycles. The van der Waals surface area contributed by atoms with Crippen molar-refractivity contribution in [3.05, 3.63) is 36.7 Å². The zero-order chi connectivity index (χ0) is 15.1. The van der Waals surface area contributed by atoms with Gasteiger partial charge in [-0.15, -0.1) is 23.2 Å². The molecule has 0 N–H and O–H groups in total. The molecule has 2 heterocycles. The van der Waals surface area contributed by atoms with Crippen LogP contribution in [-0.2, 0) is 9.53 Å². The molecule has 110 valence electrons. The summed E-state index contributed by atoms with van der Waals surface area (Å²) in [4.78, 5) is 23.4. The highest BCUT2D eigenvalue weighted by atomic mass is 35.5. The first-order valence-electron chi connectivity index (χ1n) is 5.96. The van der Waals surface area contributed by atoms with Crippen LogP contribution in [0.3, 0.4) is 0 Å². The third-order valence-corrected chi connectivity index (χ3v) is 3.34. The monoisotopic (exact) mass is 343 g/mol. The summed E-state index contributed by atoms with van der Waals surface area (Å²) < 4.78 is 4.85. The zero-order valence-corrected chi connectivity index (χ0v) is 13.1. The van der Waals surface area contributed by atoms with E-state index in [1.807, 2.05) is 18.2 Å². The molecule has 0 aromatic carbocycles. The summed E-state index contributed by atoms with van der Waals surface area (Å²) in [6.07, 6.45) is 3.31. The number of nitrogens with zero attached hydrogens (tertiary/aromatic N) is 3. The first-order chi connectivity index (χ1) is 10.1. The number of esters is 1. The minimum absolute atomic E-state index is 0.0304. The number of aromatic nitrogens is 3. The number of thioether (sulfide) groups is 1. The zero-order valence-electron chi connectivity index (χ0n) is 10.8. The second kappa shape index (κ2) is 8.17. The average molecular weight is 344 g/mol. The normalized spacial score (nSPS) is 10.6. The summed E-state index contributed by atoms with van der Waals surface area (Å²) in [5, 5.41) is 0.475. The van der Waals surface area contributed by atoms with E-state index in [9.17, 15) is 4.79 Å². The third kappa shape index (κ3) is 5.49. The van der Waals surface area contributed by atoms with Gasteiger partial charge in [-0.3, -0.25) is 9.78 Å². The van der Waals surface area contributed by atoms with E-state index in [4.69, 9.17) is 27.9 Å². The second-order valence-corrected chi connectivity index (χ2v) is 6.02. The first kappa shape index (κ1) is 16.0. The van der Waals surface area contributed by atoms with Crippen molar-refractivity contribution in [3.63, 3.8) is 0 Å². The fourth-order valence-corrected chi connectivity index (χ4v) is 2.14. The topological polar surface area (TPSA) is 65.0 Å². The molecule has 21 heavy (non-hydrogen) atoms. The Balaban J connectivity index is 1.94. The van der Waals surface area contributed by atoms with E-state index in [2.05, 4.69) is 15.0 Å². The molecular weight excluding hydrogens is 333 g/mol. The molecule has 2 aromatic heterocycles. The predicted molar refractivity (Wildman–Crippen MR) is 82.4 cm³/mol. The van der Waals surface area contributed by atoms with Gasteiger partial charge in [-0.1, -0.05) is 17.8 Å². The van der Waals surface area contributed by atoms with Crippen molar-refractivity contribution in [2.45, 2.75) is 9.99 Å². The summed E-state index contributed by atoms with van der Waals surface area (Å²) in [6.45, 7) is -0.0304. The smallest absolute Gasteiger partial charge is 0.316 e. The highest BCUT2D eigenvalue weighted by Crippen LogP contribution is 2.18. The molecule has 0 radical (unpaired) electrons. The molecule has 5 nitrogen and oxygen atoms in total. The largest absolute Gasteiger partial charge is 0.462 e. The molecule has 0 aliphatic rings. The lowest BCUT2D eigenvalue weighted by molar-refractivity contribution is -0.140. The lowest BCUT2D eigenvalue weighted by Gasteiger charge is -2.05. The van der Waals surface area contributed by atoms with Crippen LogP contribution in [0.25, 0.3) is 11.4 Å². The highest BCUT2D eigenvalue weighted by molar-refractivity contribution is 7.99. The van der Waals surface area contributed by atoms with Crippen molar-refractivity contribution in [1.29, 1.82) is 0 Å². The summed E-state index contributed by atoms with van der Waals surface area (Å²) in [7, 11) is 0. The molecule has 0 atom stereocenters. The number of halogens is 2. The van der Waals surface area contributed by atoms with Gasteiger partial charge in [0.25, 0.3) is 0 Å². The second-order valence-electron chi connectivity index (χ2n) is 3.80. The van der Waals surface area contributed by atoms with E-state index in [1.54, 1.807) is 18.5 Å². The van der Waals surface area contributed by atoms with Crippen LogP contribution in [0.5, 0.6) is 0 Å². The van der Waals surface area contributed by atoms with E-state index < -0.39 is 10.8 Å². The Hall–Kier alpha value is -1.37. The molecule has 2 aromatic rings. The minimum atomic E-state index is -0.720. The van der Waals surface area contributed by atoms with E-state index in [-0.39, 0.29) is 12.4 Å². The average Bonchev–Trinajstić information content (AvgIpc) is 2.52. The fourth-order valence-electron chi connectivity index (χ4n) is 1.39. The maximum absolute atomic E-state index is 11.4. The molecule has 2 rings (SSSR count). The number of carbonyl (C=O) groups is 1. The van der Waals surface area contributed by atoms with Gasteiger partial charge in [-0.05, 0) is 18.2 Å². The molecule has 0 amide bonds. The lowest BCUT2D eigenvalue weighted by atomic mass is 10.3. The van der Waals surface area contributed by atoms with Gasteiger partial charge in [-0.2, -0.15) is 0 Å². The number of hydrogen-bond donors (Lipinski definition) is 0. The van der Waals surface area contributed by atoms with Crippen LogP contribution in [0.15, 0.2) is 41.8 Å². The maximum atomic E-state index is 11.4. The quantitative estimate of drug-likeness (QED) is 0.347. The molecule has 0 aliphatic heterocycles. The summed E-state index contributed by atoms with van der Waals surface area (Å²) in [5.74, 6) is -0.329. The molecule has 0 saturated carbocycles. The summed E-state index contributed by atoms with van der Waals surface area (Å²) >= 11 is 12.1. The van der Waals surface area contributed by atoms with Gasteiger partial charge in [0.1, 0.15) is 11.4 Å². The Morgan fingerprint density at radius 1 is 1.19 bits per heavy atom. The molecule has 0 spiro atoms.